The van der Waals surface area contributed by atoms with Crippen molar-refractivity contribution in [1.29, 1.82) is 0 Å². The van der Waals surface area contributed by atoms with Gasteiger partial charge in [0.15, 0.2) is 0 Å². The smallest absolute Gasteiger partial charge is 0.251 e. The van der Waals surface area contributed by atoms with E-state index in [1.807, 2.05) is 54.9 Å². The summed E-state index contributed by atoms with van der Waals surface area (Å²) in [6.07, 6.45) is -1.65. The third kappa shape index (κ3) is 3.67. The number of aliphatic hydroxyl groups excluding tert-OH is 1. The molecule has 31 heavy (non-hydrogen) atoms. The number of aromatic nitrogens is 2. The fraction of sp³-hybridized carbons (Fsp3) is 0.391. The van der Waals surface area contributed by atoms with E-state index < -0.39 is 18.2 Å². The molecule has 0 radical (unpaired) electrons. The SMILES string of the molecule is CNC(=O)c1cc2c(nc(C)n2C)c2c1[C@@H](OCCOC)[C@H](O)[C@@H](c1ccccc1)N2. The molecule has 3 aromatic rings. The fourth-order valence-electron chi connectivity index (χ4n) is 4.18. The van der Waals surface area contributed by atoms with Gasteiger partial charge < -0.3 is 29.8 Å². The lowest BCUT2D eigenvalue weighted by molar-refractivity contribution is -0.0635. The number of amides is 1. The summed E-state index contributed by atoms with van der Waals surface area (Å²) in [7, 11) is 5.11. The van der Waals surface area contributed by atoms with E-state index in [2.05, 4.69) is 10.6 Å². The van der Waals surface area contributed by atoms with Crippen LogP contribution in [0.25, 0.3) is 11.0 Å². The van der Waals surface area contributed by atoms with Crippen LogP contribution < -0.4 is 10.6 Å². The average molecular weight is 425 g/mol. The summed E-state index contributed by atoms with van der Waals surface area (Å²) < 4.78 is 13.2. The maximum absolute atomic E-state index is 12.9. The summed E-state index contributed by atoms with van der Waals surface area (Å²) >= 11 is 0. The van der Waals surface area contributed by atoms with Crippen LogP contribution in [-0.4, -0.2) is 54.0 Å². The Balaban J connectivity index is 1.96. The van der Waals surface area contributed by atoms with Crippen molar-refractivity contribution in [3.8, 4) is 0 Å². The minimum absolute atomic E-state index is 0.246. The molecule has 4 rings (SSSR count). The largest absolute Gasteiger partial charge is 0.388 e. The first kappa shape index (κ1) is 21.3. The summed E-state index contributed by atoms with van der Waals surface area (Å²) in [5.41, 5.74) is 4.28. The van der Waals surface area contributed by atoms with Gasteiger partial charge in [-0.25, -0.2) is 4.98 Å². The molecule has 2 aromatic carbocycles. The second-order valence-corrected chi connectivity index (χ2v) is 7.69. The molecule has 2 heterocycles. The number of rotatable bonds is 6. The third-order valence-electron chi connectivity index (χ3n) is 5.89. The van der Waals surface area contributed by atoms with Crippen LogP contribution in [0.3, 0.4) is 0 Å². The summed E-state index contributed by atoms with van der Waals surface area (Å²) in [4.78, 5) is 17.6. The number of methoxy groups -OCH3 is 1. The molecule has 1 amide bonds. The molecule has 1 aliphatic rings. The zero-order valence-corrected chi connectivity index (χ0v) is 18.2. The normalized spacial score (nSPS) is 20.4. The second kappa shape index (κ2) is 8.66. The molecule has 0 saturated carbocycles. The number of imidazole rings is 1. The van der Waals surface area contributed by atoms with Gasteiger partial charge in [0.05, 0.1) is 30.5 Å². The van der Waals surface area contributed by atoms with Gasteiger partial charge in [0.1, 0.15) is 23.5 Å². The first-order chi connectivity index (χ1) is 15.0. The minimum Gasteiger partial charge on any atom is -0.388 e. The number of aliphatic hydroxyl groups is 1. The first-order valence-corrected chi connectivity index (χ1v) is 10.3. The second-order valence-electron chi connectivity index (χ2n) is 7.69. The third-order valence-corrected chi connectivity index (χ3v) is 5.89. The van der Waals surface area contributed by atoms with Crippen molar-refractivity contribution in [2.45, 2.75) is 25.2 Å². The minimum atomic E-state index is -0.919. The quantitative estimate of drug-likeness (QED) is 0.526. The van der Waals surface area contributed by atoms with Crippen LogP contribution in [0, 0.1) is 6.92 Å². The van der Waals surface area contributed by atoms with Crippen LogP contribution in [-0.2, 0) is 16.5 Å². The Labute approximate surface area is 181 Å². The van der Waals surface area contributed by atoms with Crippen molar-refractivity contribution in [3.05, 3.63) is 58.9 Å². The Kier molecular flexibility index (Phi) is 5.95. The van der Waals surface area contributed by atoms with Crippen molar-refractivity contribution in [2.24, 2.45) is 7.05 Å². The Bertz CT molecular complexity index is 1100. The van der Waals surface area contributed by atoms with Crippen molar-refractivity contribution in [3.63, 3.8) is 0 Å². The number of carbonyl (C=O) groups is 1. The van der Waals surface area contributed by atoms with E-state index in [1.54, 1.807) is 14.2 Å². The van der Waals surface area contributed by atoms with E-state index in [4.69, 9.17) is 14.5 Å². The summed E-state index contributed by atoms with van der Waals surface area (Å²) in [6.45, 7) is 2.58. The van der Waals surface area contributed by atoms with Gasteiger partial charge in [0.25, 0.3) is 5.91 Å². The average Bonchev–Trinajstić information content (AvgIpc) is 3.08. The topological polar surface area (TPSA) is 97.6 Å². The molecule has 1 aliphatic heterocycles. The van der Waals surface area contributed by atoms with E-state index in [0.29, 0.717) is 23.4 Å². The van der Waals surface area contributed by atoms with Gasteiger partial charge in [-0.1, -0.05) is 30.3 Å². The van der Waals surface area contributed by atoms with E-state index in [1.165, 1.54) is 0 Å². The maximum atomic E-state index is 12.9. The lowest BCUT2D eigenvalue weighted by Crippen LogP contribution is -2.39. The molecule has 1 aromatic heterocycles. The number of aryl methyl sites for hydroxylation is 2. The Hall–Kier alpha value is -2.94. The first-order valence-electron chi connectivity index (χ1n) is 10.3. The number of fused-ring (bicyclic) bond motifs is 3. The Morgan fingerprint density at radius 3 is 2.71 bits per heavy atom. The zero-order chi connectivity index (χ0) is 22.1. The van der Waals surface area contributed by atoms with Crippen LogP contribution in [0.5, 0.6) is 0 Å². The molecule has 8 nitrogen and oxygen atoms in total. The van der Waals surface area contributed by atoms with Crippen LogP contribution >= 0.6 is 0 Å². The van der Waals surface area contributed by atoms with Crippen molar-refractivity contribution in [1.82, 2.24) is 14.9 Å². The van der Waals surface area contributed by atoms with E-state index in [-0.39, 0.29) is 12.5 Å². The summed E-state index contributed by atoms with van der Waals surface area (Å²) in [5, 5.41) is 17.5. The number of nitrogens with zero attached hydrogens (tertiary/aromatic N) is 2. The lowest BCUT2D eigenvalue weighted by Gasteiger charge is -2.39. The molecule has 3 atom stereocenters. The van der Waals surface area contributed by atoms with Crippen molar-refractivity contribution >= 4 is 22.6 Å². The molecule has 164 valence electrons. The van der Waals surface area contributed by atoms with Crippen molar-refractivity contribution < 1.29 is 19.4 Å². The number of hydrogen-bond donors (Lipinski definition) is 3. The van der Waals surface area contributed by atoms with Crippen LogP contribution in [0.15, 0.2) is 36.4 Å². The number of ether oxygens (including phenoxy) is 2. The molecular formula is C23H28N4O4. The van der Waals surface area contributed by atoms with Crippen LogP contribution in [0.2, 0.25) is 0 Å². The maximum Gasteiger partial charge on any atom is 0.251 e. The Morgan fingerprint density at radius 1 is 1.29 bits per heavy atom. The molecule has 0 spiro atoms. The predicted molar refractivity (Wildman–Crippen MR) is 118 cm³/mol. The molecule has 0 unspecified atom stereocenters. The molecule has 0 aliphatic carbocycles. The Morgan fingerprint density at radius 2 is 2.03 bits per heavy atom. The van der Waals surface area contributed by atoms with E-state index >= 15 is 0 Å². The van der Waals surface area contributed by atoms with Gasteiger partial charge in [0, 0.05) is 32.3 Å². The van der Waals surface area contributed by atoms with Crippen LogP contribution in [0.1, 0.15) is 39.5 Å². The standard InChI is InChI=1S/C23H28N4O4/c1-13-25-19-16(27(13)3)12-15(23(29)24-2)17-20(19)26-18(14-8-6-5-7-9-14)21(28)22(17)31-11-10-30-4/h5-9,12,18,21-22,26,28H,10-11H2,1-4H3,(H,24,29)/t18-,21-,22-/m1/s1. The fourth-order valence-corrected chi connectivity index (χ4v) is 4.18. The van der Waals surface area contributed by atoms with Gasteiger partial charge in [-0.05, 0) is 18.6 Å². The monoisotopic (exact) mass is 424 g/mol. The highest BCUT2D eigenvalue weighted by molar-refractivity contribution is 6.04. The number of carbonyl (C=O) groups excluding carboxylic acids is 1. The molecule has 0 fully saturated rings. The van der Waals surface area contributed by atoms with Gasteiger partial charge in [-0.2, -0.15) is 0 Å². The number of anilines is 1. The molecule has 0 saturated heterocycles. The van der Waals surface area contributed by atoms with E-state index in [9.17, 15) is 9.90 Å². The molecule has 3 N–H and O–H groups in total. The van der Waals surface area contributed by atoms with Crippen molar-refractivity contribution in [2.75, 3.05) is 32.7 Å². The van der Waals surface area contributed by atoms with Crippen LogP contribution in [0.4, 0.5) is 5.69 Å². The van der Waals surface area contributed by atoms with E-state index in [0.717, 1.165) is 22.4 Å². The van der Waals surface area contributed by atoms with Gasteiger partial charge in [-0.15, -0.1) is 0 Å². The summed E-state index contributed by atoms with van der Waals surface area (Å²) in [6, 6.07) is 11.1. The predicted octanol–water partition coefficient (Wildman–Crippen LogP) is 2.47. The molecule has 8 heteroatoms. The lowest BCUT2D eigenvalue weighted by atomic mass is 9.85. The highest BCUT2D eigenvalue weighted by Crippen LogP contribution is 2.46. The number of hydrogen-bond acceptors (Lipinski definition) is 6. The number of nitrogens with one attached hydrogen (secondary N) is 2. The van der Waals surface area contributed by atoms with Gasteiger partial charge in [0.2, 0.25) is 0 Å². The summed E-state index contributed by atoms with van der Waals surface area (Å²) in [5.74, 6) is 0.580. The highest BCUT2D eigenvalue weighted by Gasteiger charge is 2.41. The number of benzene rings is 2. The molecule has 0 bridgehead atoms. The zero-order valence-electron chi connectivity index (χ0n) is 18.2. The van der Waals surface area contributed by atoms with Gasteiger partial charge in [-0.3, -0.25) is 4.79 Å². The highest BCUT2D eigenvalue weighted by atomic mass is 16.5. The molecular weight excluding hydrogens is 396 g/mol. The van der Waals surface area contributed by atoms with Gasteiger partial charge >= 0.3 is 0 Å².